The number of unbranched alkanes of at least 4 members (excludes halogenated alkanes) is 1. The second-order valence-electron chi connectivity index (χ2n) is 7.27. The Morgan fingerprint density at radius 3 is 2.63 bits per heavy atom. The molecule has 1 N–H and O–H groups in total. The van der Waals surface area contributed by atoms with Gasteiger partial charge in [0.25, 0.3) is 0 Å². The molecule has 2 rings (SSSR count). The fourth-order valence-corrected chi connectivity index (χ4v) is 3.01. The van der Waals surface area contributed by atoms with Crippen molar-refractivity contribution in [2.75, 3.05) is 52.9 Å². The highest BCUT2D eigenvalue weighted by Crippen LogP contribution is 2.07. The number of hydrogen-bond donors (Lipinski definition) is 1. The van der Waals surface area contributed by atoms with E-state index in [-0.39, 0.29) is 24.0 Å². The van der Waals surface area contributed by atoms with Gasteiger partial charge in [0, 0.05) is 57.9 Å². The van der Waals surface area contributed by atoms with Gasteiger partial charge >= 0.3 is 0 Å². The number of hydrogen-bond acceptors (Lipinski definition) is 5. The van der Waals surface area contributed by atoms with E-state index in [9.17, 15) is 0 Å². The van der Waals surface area contributed by atoms with Crippen LogP contribution in [0, 0.1) is 0 Å². The van der Waals surface area contributed by atoms with Crippen LogP contribution < -0.4 is 5.32 Å². The van der Waals surface area contributed by atoms with E-state index >= 15 is 0 Å². The van der Waals surface area contributed by atoms with Crippen LogP contribution in [-0.2, 0) is 6.54 Å². The topological polar surface area (TPSA) is 60.1 Å². The Labute approximate surface area is 181 Å². The zero-order chi connectivity index (χ0) is 18.8. The number of halogens is 1. The summed E-state index contributed by atoms with van der Waals surface area (Å²) in [6.07, 6.45) is 3.97. The van der Waals surface area contributed by atoms with E-state index in [0.717, 1.165) is 70.4 Å². The summed E-state index contributed by atoms with van der Waals surface area (Å²) in [5, 5.41) is 7.46. The molecule has 0 saturated carbocycles. The molecule has 1 saturated heterocycles. The maximum atomic E-state index is 4.92. The maximum absolute atomic E-state index is 4.92. The van der Waals surface area contributed by atoms with Crippen LogP contribution in [0.3, 0.4) is 0 Å². The minimum atomic E-state index is 0. The summed E-state index contributed by atoms with van der Waals surface area (Å²) in [5.41, 5.74) is 1.00. The molecule has 8 heteroatoms. The quantitative estimate of drug-likeness (QED) is 0.248. The van der Waals surface area contributed by atoms with Gasteiger partial charge in [0.2, 0.25) is 0 Å². The largest absolute Gasteiger partial charge is 0.364 e. The first-order valence-electron chi connectivity index (χ1n) is 9.95. The van der Waals surface area contributed by atoms with E-state index in [4.69, 9.17) is 9.52 Å². The Balaban J connectivity index is 0.00000364. The monoisotopic (exact) mass is 492 g/mol. The molecule has 1 aliphatic heterocycles. The normalized spacial score (nSPS) is 16.1. The van der Waals surface area contributed by atoms with Gasteiger partial charge in [-0.2, -0.15) is 0 Å². The average molecular weight is 492 g/mol. The minimum Gasteiger partial charge on any atom is -0.364 e. The number of rotatable bonds is 9. The van der Waals surface area contributed by atoms with Crippen LogP contribution in [0.5, 0.6) is 0 Å². The van der Waals surface area contributed by atoms with E-state index in [2.05, 4.69) is 53.0 Å². The van der Waals surface area contributed by atoms with Gasteiger partial charge in [-0.3, -0.25) is 9.89 Å². The minimum absolute atomic E-state index is 0. The van der Waals surface area contributed by atoms with Crippen molar-refractivity contribution in [3.05, 3.63) is 18.0 Å². The summed E-state index contributed by atoms with van der Waals surface area (Å²) in [6, 6.07) is 2.55. The Morgan fingerprint density at radius 2 is 2.04 bits per heavy atom. The number of aromatic nitrogens is 1. The van der Waals surface area contributed by atoms with Crippen LogP contribution in [-0.4, -0.2) is 84.7 Å². The molecule has 0 aromatic carbocycles. The molecular weight excluding hydrogens is 455 g/mol. The molecule has 2 heterocycles. The predicted molar refractivity (Wildman–Crippen MR) is 122 cm³/mol. The molecular formula is C19H37IN6O. The third kappa shape index (κ3) is 8.78. The molecule has 156 valence electrons. The average Bonchev–Trinajstić information content (AvgIpc) is 3.14. The molecule has 0 amide bonds. The lowest BCUT2D eigenvalue weighted by atomic mass is 10.2. The Bertz CT molecular complexity index is 514. The fourth-order valence-electron chi connectivity index (χ4n) is 3.01. The van der Waals surface area contributed by atoms with E-state index in [0.29, 0.717) is 6.04 Å². The van der Waals surface area contributed by atoms with Crippen LogP contribution in [0.1, 0.15) is 39.3 Å². The van der Waals surface area contributed by atoms with Crippen molar-refractivity contribution in [3.8, 4) is 0 Å². The van der Waals surface area contributed by atoms with Crippen molar-refractivity contribution in [1.82, 2.24) is 25.2 Å². The molecule has 1 aromatic heterocycles. The Morgan fingerprint density at radius 1 is 1.30 bits per heavy atom. The van der Waals surface area contributed by atoms with Crippen molar-refractivity contribution in [3.63, 3.8) is 0 Å². The lowest BCUT2D eigenvalue weighted by molar-refractivity contribution is 0.169. The van der Waals surface area contributed by atoms with Gasteiger partial charge in [-0.25, -0.2) is 0 Å². The van der Waals surface area contributed by atoms with Gasteiger partial charge in [0.05, 0.1) is 5.69 Å². The first-order valence-corrected chi connectivity index (χ1v) is 9.95. The van der Waals surface area contributed by atoms with Crippen molar-refractivity contribution in [1.29, 1.82) is 0 Å². The first kappa shape index (κ1) is 24.2. The summed E-state index contributed by atoms with van der Waals surface area (Å²) in [4.78, 5) is 12.0. The summed E-state index contributed by atoms with van der Waals surface area (Å²) < 4.78 is 4.92. The van der Waals surface area contributed by atoms with Gasteiger partial charge in [-0.15, -0.1) is 24.0 Å². The standard InChI is InChI=1S/C19H36N6O.HI/c1-5-20-19(21-9-6-7-10-23(4)17(2)3)25-13-11-24(12-14-25)16-18-8-15-26-22-18;/h8,15,17H,5-7,9-14,16H2,1-4H3,(H,20,21);1H. The van der Waals surface area contributed by atoms with Gasteiger partial charge in [0.15, 0.2) is 5.96 Å². The van der Waals surface area contributed by atoms with Gasteiger partial charge in [-0.05, 0) is 47.2 Å². The highest BCUT2D eigenvalue weighted by Gasteiger charge is 2.20. The summed E-state index contributed by atoms with van der Waals surface area (Å²) in [7, 11) is 2.19. The predicted octanol–water partition coefficient (Wildman–Crippen LogP) is 2.50. The molecule has 1 aliphatic rings. The smallest absolute Gasteiger partial charge is 0.194 e. The van der Waals surface area contributed by atoms with Gasteiger partial charge in [0.1, 0.15) is 6.26 Å². The zero-order valence-corrected chi connectivity index (χ0v) is 19.7. The van der Waals surface area contributed by atoms with Crippen LogP contribution in [0.2, 0.25) is 0 Å². The maximum Gasteiger partial charge on any atom is 0.194 e. The molecule has 0 radical (unpaired) electrons. The molecule has 0 spiro atoms. The highest BCUT2D eigenvalue weighted by molar-refractivity contribution is 14.0. The zero-order valence-electron chi connectivity index (χ0n) is 17.4. The van der Waals surface area contributed by atoms with Crippen molar-refractivity contribution >= 4 is 29.9 Å². The highest BCUT2D eigenvalue weighted by atomic mass is 127. The van der Waals surface area contributed by atoms with Crippen LogP contribution >= 0.6 is 24.0 Å². The first-order chi connectivity index (χ1) is 12.6. The molecule has 1 aromatic rings. The molecule has 0 atom stereocenters. The van der Waals surface area contributed by atoms with Crippen molar-refractivity contribution < 1.29 is 4.52 Å². The molecule has 7 nitrogen and oxygen atoms in total. The van der Waals surface area contributed by atoms with Crippen LogP contribution in [0.15, 0.2) is 21.8 Å². The third-order valence-corrected chi connectivity index (χ3v) is 4.95. The fraction of sp³-hybridized carbons (Fsp3) is 0.789. The molecule has 1 fully saturated rings. The third-order valence-electron chi connectivity index (χ3n) is 4.95. The van der Waals surface area contributed by atoms with E-state index < -0.39 is 0 Å². The van der Waals surface area contributed by atoms with Gasteiger partial charge < -0.3 is 19.6 Å². The molecule has 0 bridgehead atoms. The lowest BCUT2D eigenvalue weighted by Gasteiger charge is -2.36. The molecule has 0 unspecified atom stereocenters. The number of nitrogens with zero attached hydrogens (tertiary/aromatic N) is 5. The van der Waals surface area contributed by atoms with Crippen molar-refractivity contribution in [2.24, 2.45) is 4.99 Å². The van der Waals surface area contributed by atoms with Crippen LogP contribution in [0.4, 0.5) is 0 Å². The second-order valence-corrected chi connectivity index (χ2v) is 7.27. The Hall–Kier alpha value is -0.870. The lowest BCUT2D eigenvalue weighted by Crippen LogP contribution is -2.52. The van der Waals surface area contributed by atoms with Crippen molar-refractivity contribution in [2.45, 2.75) is 46.2 Å². The summed E-state index contributed by atoms with van der Waals surface area (Å²) >= 11 is 0. The number of nitrogens with one attached hydrogen (secondary N) is 1. The number of guanidine groups is 1. The molecule has 0 aliphatic carbocycles. The van der Waals surface area contributed by atoms with E-state index in [1.54, 1.807) is 6.26 Å². The summed E-state index contributed by atoms with van der Waals surface area (Å²) in [6.45, 7) is 14.5. The van der Waals surface area contributed by atoms with Gasteiger partial charge in [-0.1, -0.05) is 5.16 Å². The number of piperazine rings is 1. The van der Waals surface area contributed by atoms with Crippen LogP contribution in [0.25, 0.3) is 0 Å². The summed E-state index contributed by atoms with van der Waals surface area (Å²) in [5.74, 6) is 1.06. The SMILES string of the molecule is CCNC(=NCCCCN(C)C(C)C)N1CCN(Cc2ccon2)CC1.I. The number of aliphatic imine (C=N–C) groups is 1. The second kappa shape index (κ2) is 13.3. The van der Waals surface area contributed by atoms with E-state index in [1.165, 1.54) is 6.42 Å². The van der Waals surface area contributed by atoms with E-state index in [1.807, 2.05) is 6.07 Å². The molecule has 27 heavy (non-hydrogen) atoms. The Kier molecular flexibility index (Phi) is 11.9.